The van der Waals surface area contributed by atoms with Crippen LogP contribution in [0, 0.1) is 0 Å². The largest absolute Gasteiger partial charge is 0.336 e. The van der Waals surface area contributed by atoms with Crippen LogP contribution in [0.15, 0.2) is 23.1 Å². The lowest BCUT2D eigenvalue weighted by molar-refractivity contribution is 0.0647. The van der Waals surface area contributed by atoms with Crippen LogP contribution in [-0.2, 0) is 10.0 Å². The highest BCUT2D eigenvalue weighted by Gasteiger charge is 2.31. The summed E-state index contributed by atoms with van der Waals surface area (Å²) in [5.74, 6) is -0.103. The standard InChI is InChI=1S/C19H27ClN2O3S/c1-2-22(16-8-4-3-5-9-16)19(23)15-10-11-17(20)18(14-15)26(24,25)21-12-6-7-13-21/h10-11,14,16H,2-9,12-13H2,1H3. The summed E-state index contributed by atoms with van der Waals surface area (Å²) in [4.78, 5) is 15.0. The van der Waals surface area contributed by atoms with Gasteiger partial charge in [0, 0.05) is 31.2 Å². The summed E-state index contributed by atoms with van der Waals surface area (Å²) in [6.07, 6.45) is 7.27. The number of nitrogens with zero attached hydrogens (tertiary/aromatic N) is 2. The maximum Gasteiger partial charge on any atom is 0.254 e. The Bertz CT molecular complexity index is 754. The summed E-state index contributed by atoms with van der Waals surface area (Å²) >= 11 is 6.20. The molecule has 1 heterocycles. The molecule has 2 fully saturated rings. The minimum Gasteiger partial charge on any atom is -0.336 e. The molecule has 3 rings (SSSR count). The first-order valence-corrected chi connectivity index (χ1v) is 11.4. The van der Waals surface area contributed by atoms with Crippen LogP contribution in [0.25, 0.3) is 0 Å². The van der Waals surface area contributed by atoms with Gasteiger partial charge in [0.2, 0.25) is 10.0 Å². The van der Waals surface area contributed by atoms with Crippen LogP contribution >= 0.6 is 11.6 Å². The van der Waals surface area contributed by atoms with E-state index in [-0.39, 0.29) is 21.9 Å². The summed E-state index contributed by atoms with van der Waals surface area (Å²) in [7, 11) is -3.65. The molecule has 0 bridgehead atoms. The quantitative estimate of drug-likeness (QED) is 0.755. The number of halogens is 1. The minimum absolute atomic E-state index is 0.0478. The number of rotatable bonds is 5. The minimum atomic E-state index is -3.65. The Morgan fingerprint density at radius 1 is 1.15 bits per heavy atom. The number of carbonyl (C=O) groups is 1. The lowest BCUT2D eigenvalue weighted by atomic mass is 9.93. The highest BCUT2D eigenvalue weighted by Crippen LogP contribution is 2.30. The van der Waals surface area contributed by atoms with Crippen LogP contribution in [0.4, 0.5) is 0 Å². The van der Waals surface area contributed by atoms with Gasteiger partial charge < -0.3 is 4.90 Å². The Morgan fingerprint density at radius 3 is 2.42 bits per heavy atom. The van der Waals surface area contributed by atoms with Gasteiger partial charge in [-0.3, -0.25) is 4.79 Å². The molecule has 0 radical (unpaired) electrons. The van der Waals surface area contributed by atoms with Gasteiger partial charge in [-0.1, -0.05) is 30.9 Å². The van der Waals surface area contributed by atoms with Gasteiger partial charge in [0.15, 0.2) is 0 Å². The normalized spacial score (nSPS) is 19.6. The van der Waals surface area contributed by atoms with E-state index in [1.807, 2.05) is 11.8 Å². The second kappa shape index (κ2) is 8.28. The molecule has 7 heteroatoms. The monoisotopic (exact) mass is 398 g/mol. The molecule has 1 aromatic carbocycles. The highest BCUT2D eigenvalue weighted by atomic mass is 35.5. The van der Waals surface area contributed by atoms with E-state index in [2.05, 4.69) is 0 Å². The van der Waals surface area contributed by atoms with E-state index < -0.39 is 10.0 Å². The van der Waals surface area contributed by atoms with Crippen molar-refractivity contribution < 1.29 is 13.2 Å². The van der Waals surface area contributed by atoms with Gasteiger partial charge in [-0.25, -0.2) is 8.42 Å². The van der Waals surface area contributed by atoms with Crippen LogP contribution in [0.2, 0.25) is 5.02 Å². The molecule has 144 valence electrons. The molecule has 0 N–H and O–H groups in total. The van der Waals surface area contributed by atoms with Crippen molar-refractivity contribution in [2.24, 2.45) is 0 Å². The van der Waals surface area contributed by atoms with Crippen molar-refractivity contribution in [3.05, 3.63) is 28.8 Å². The van der Waals surface area contributed by atoms with E-state index >= 15 is 0 Å². The van der Waals surface area contributed by atoms with E-state index in [0.29, 0.717) is 25.2 Å². The van der Waals surface area contributed by atoms with E-state index in [1.165, 1.54) is 22.9 Å². The molecule has 2 aliphatic rings. The highest BCUT2D eigenvalue weighted by molar-refractivity contribution is 7.89. The molecule has 0 aromatic heterocycles. The Kier molecular flexibility index (Phi) is 6.25. The molecule has 26 heavy (non-hydrogen) atoms. The van der Waals surface area contributed by atoms with Crippen molar-refractivity contribution in [3.8, 4) is 0 Å². The zero-order chi connectivity index (χ0) is 18.7. The maximum atomic E-state index is 13.1. The van der Waals surface area contributed by atoms with Gasteiger partial charge in [-0.2, -0.15) is 4.31 Å². The summed E-state index contributed by atoms with van der Waals surface area (Å²) < 4.78 is 27.2. The number of amides is 1. The van der Waals surface area contributed by atoms with Crippen LogP contribution in [-0.4, -0.2) is 49.2 Å². The predicted molar refractivity (Wildman–Crippen MR) is 103 cm³/mol. The molecular weight excluding hydrogens is 372 g/mol. The van der Waals surface area contributed by atoms with Gasteiger partial charge in [-0.05, 0) is 50.8 Å². The smallest absolute Gasteiger partial charge is 0.254 e. The second-order valence-electron chi connectivity index (χ2n) is 7.14. The molecule has 1 aliphatic heterocycles. The van der Waals surface area contributed by atoms with Crippen LogP contribution in [0.5, 0.6) is 0 Å². The summed E-state index contributed by atoms with van der Waals surface area (Å²) in [6, 6.07) is 4.88. The summed E-state index contributed by atoms with van der Waals surface area (Å²) in [5.41, 5.74) is 0.402. The first-order chi connectivity index (χ1) is 12.4. The molecule has 1 aliphatic carbocycles. The fraction of sp³-hybridized carbons (Fsp3) is 0.632. The Labute approximate surface area is 161 Å². The van der Waals surface area contributed by atoms with Crippen LogP contribution in [0.1, 0.15) is 62.2 Å². The third-order valence-corrected chi connectivity index (χ3v) is 7.86. The molecule has 0 spiro atoms. The first kappa shape index (κ1) is 19.6. The molecule has 1 saturated heterocycles. The summed E-state index contributed by atoms with van der Waals surface area (Å²) in [6.45, 7) is 3.63. The van der Waals surface area contributed by atoms with Crippen molar-refractivity contribution in [1.82, 2.24) is 9.21 Å². The third kappa shape index (κ3) is 3.92. The van der Waals surface area contributed by atoms with Crippen molar-refractivity contribution in [2.75, 3.05) is 19.6 Å². The summed E-state index contributed by atoms with van der Waals surface area (Å²) in [5, 5.41) is 0.175. The zero-order valence-electron chi connectivity index (χ0n) is 15.3. The van der Waals surface area contributed by atoms with Gasteiger partial charge in [0.1, 0.15) is 4.90 Å². The number of hydrogen-bond acceptors (Lipinski definition) is 3. The van der Waals surface area contributed by atoms with E-state index in [4.69, 9.17) is 11.6 Å². The van der Waals surface area contributed by atoms with Crippen molar-refractivity contribution >= 4 is 27.5 Å². The third-order valence-electron chi connectivity index (χ3n) is 5.48. The zero-order valence-corrected chi connectivity index (χ0v) is 16.9. The average molecular weight is 399 g/mol. The van der Waals surface area contributed by atoms with Crippen molar-refractivity contribution in [2.45, 2.75) is 62.8 Å². The maximum absolute atomic E-state index is 13.1. The van der Waals surface area contributed by atoms with Crippen molar-refractivity contribution in [1.29, 1.82) is 0 Å². The van der Waals surface area contributed by atoms with Crippen LogP contribution in [0.3, 0.4) is 0 Å². The lowest BCUT2D eigenvalue weighted by Gasteiger charge is -2.33. The number of sulfonamides is 1. The molecule has 0 unspecified atom stereocenters. The van der Waals surface area contributed by atoms with Crippen molar-refractivity contribution in [3.63, 3.8) is 0 Å². The van der Waals surface area contributed by atoms with Gasteiger partial charge in [0.05, 0.1) is 5.02 Å². The second-order valence-corrected chi connectivity index (χ2v) is 9.45. The predicted octanol–water partition coefficient (Wildman–Crippen LogP) is 3.92. The average Bonchev–Trinajstić information content (AvgIpc) is 3.19. The first-order valence-electron chi connectivity index (χ1n) is 9.56. The van der Waals surface area contributed by atoms with E-state index in [0.717, 1.165) is 38.5 Å². The molecule has 1 aromatic rings. The number of hydrogen-bond donors (Lipinski definition) is 0. The fourth-order valence-electron chi connectivity index (χ4n) is 4.03. The molecule has 0 atom stereocenters. The Morgan fingerprint density at radius 2 is 1.81 bits per heavy atom. The molecule has 5 nitrogen and oxygen atoms in total. The van der Waals surface area contributed by atoms with Gasteiger partial charge in [-0.15, -0.1) is 0 Å². The van der Waals surface area contributed by atoms with E-state index in [1.54, 1.807) is 6.07 Å². The van der Waals surface area contributed by atoms with E-state index in [9.17, 15) is 13.2 Å². The molecule has 1 saturated carbocycles. The molecular formula is C19H27ClN2O3S. The van der Waals surface area contributed by atoms with Gasteiger partial charge >= 0.3 is 0 Å². The topological polar surface area (TPSA) is 57.7 Å². The van der Waals surface area contributed by atoms with Crippen LogP contribution < -0.4 is 0 Å². The SMILES string of the molecule is CCN(C(=O)c1ccc(Cl)c(S(=O)(=O)N2CCCC2)c1)C1CCCCC1. The Balaban J connectivity index is 1.89. The van der Waals surface area contributed by atoms with Gasteiger partial charge in [0.25, 0.3) is 5.91 Å². The fourth-order valence-corrected chi connectivity index (χ4v) is 6.05. The molecule has 1 amide bonds. The number of benzene rings is 1. The number of carbonyl (C=O) groups excluding carboxylic acids is 1. The lowest BCUT2D eigenvalue weighted by Crippen LogP contribution is -2.41. The Hall–Kier alpha value is -1.11.